The predicted molar refractivity (Wildman–Crippen MR) is 60.7 cm³/mol. The molecule has 0 aromatic carbocycles. The van der Waals surface area contributed by atoms with E-state index < -0.39 is 5.54 Å². The van der Waals surface area contributed by atoms with Gasteiger partial charge in [-0.15, -0.1) is 6.58 Å². The minimum absolute atomic E-state index is 0.0386. The standard InChI is InChI=1S/C12H18N2O2/c1-2-8-14-9-10(15)13-12(11(14)16)6-4-3-5-7-12/h2H,1,3-9H2,(H,13,15). The summed E-state index contributed by atoms with van der Waals surface area (Å²) in [5, 5.41) is 2.91. The summed E-state index contributed by atoms with van der Waals surface area (Å²) in [4.78, 5) is 25.5. The summed E-state index contributed by atoms with van der Waals surface area (Å²) in [5.41, 5.74) is -0.601. The van der Waals surface area contributed by atoms with Gasteiger partial charge in [-0.1, -0.05) is 25.3 Å². The second-order valence-electron chi connectivity index (χ2n) is 4.67. The highest BCUT2D eigenvalue weighted by Gasteiger charge is 2.46. The van der Waals surface area contributed by atoms with Crippen LogP contribution in [-0.2, 0) is 9.59 Å². The molecule has 0 unspecified atom stereocenters. The van der Waals surface area contributed by atoms with E-state index in [0.29, 0.717) is 6.54 Å². The molecule has 2 fully saturated rings. The largest absolute Gasteiger partial charge is 0.340 e. The van der Waals surface area contributed by atoms with Crippen molar-refractivity contribution < 1.29 is 9.59 Å². The number of rotatable bonds is 2. The first-order chi connectivity index (χ1) is 7.68. The first-order valence-corrected chi connectivity index (χ1v) is 5.89. The molecule has 0 aromatic heterocycles. The van der Waals surface area contributed by atoms with Crippen molar-refractivity contribution in [3.8, 4) is 0 Å². The van der Waals surface area contributed by atoms with Crippen molar-refractivity contribution in [3.63, 3.8) is 0 Å². The molecule has 0 aromatic rings. The van der Waals surface area contributed by atoms with E-state index in [9.17, 15) is 9.59 Å². The Morgan fingerprint density at radius 2 is 2.00 bits per heavy atom. The van der Waals surface area contributed by atoms with Crippen molar-refractivity contribution in [1.29, 1.82) is 0 Å². The third-order valence-corrected chi connectivity index (χ3v) is 3.47. The quantitative estimate of drug-likeness (QED) is 0.704. The van der Waals surface area contributed by atoms with Gasteiger partial charge < -0.3 is 10.2 Å². The van der Waals surface area contributed by atoms with Gasteiger partial charge in [0.2, 0.25) is 11.8 Å². The smallest absolute Gasteiger partial charge is 0.249 e. The number of nitrogens with zero attached hydrogens (tertiary/aromatic N) is 1. The van der Waals surface area contributed by atoms with Gasteiger partial charge in [-0.3, -0.25) is 9.59 Å². The molecule has 4 nitrogen and oxygen atoms in total. The summed E-state index contributed by atoms with van der Waals surface area (Å²) < 4.78 is 0. The fraction of sp³-hybridized carbons (Fsp3) is 0.667. The van der Waals surface area contributed by atoms with Crippen molar-refractivity contribution in [2.45, 2.75) is 37.6 Å². The minimum atomic E-state index is -0.601. The van der Waals surface area contributed by atoms with E-state index in [1.165, 1.54) is 0 Å². The zero-order valence-corrected chi connectivity index (χ0v) is 9.50. The minimum Gasteiger partial charge on any atom is -0.340 e. The number of amides is 2. The van der Waals surface area contributed by atoms with E-state index in [-0.39, 0.29) is 18.4 Å². The lowest BCUT2D eigenvalue weighted by Crippen LogP contribution is -2.67. The van der Waals surface area contributed by atoms with Crippen LogP contribution in [0.5, 0.6) is 0 Å². The molecule has 1 aliphatic heterocycles. The molecule has 1 saturated carbocycles. The molecule has 4 heteroatoms. The van der Waals surface area contributed by atoms with Gasteiger partial charge in [0.15, 0.2) is 0 Å². The Hall–Kier alpha value is -1.32. The first kappa shape index (κ1) is 11.2. The lowest BCUT2D eigenvalue weighted by Gasteiger charge is -2.43. The molecule has 2 aliphatic rings. The predicted octanol–water partition coefficient (Wildman–Crippen LogP) is 0.834. The second-order valence-corrected chi connectivity index (χ2v) is 4.67. The van der Waals surface area contributed by atoms with Gasteiger partial charge in [0.1, 0.15) is 5.54 Å². The molecule has 88 valence electrons. The summed E-state index contributed by atoms with van der Waals surface area (Å²) in [6.45, 7) is 4.26. The SMILES string of the molecule is C=CCN1CC(=O)NC2(CCCCC2)C1=O. The van der Waals surface area contributed by atoms with Crippen molar-refractivity contribution in [2.75, 3.05) is 13.1 Å². The summed E-state index contributed by atoms with van der Waals surface area (Å²) in [5.74, 6) is 0.0371. The topological polar surface area (TPSA) is 49.4 Å². The normalized spacial score (nSPS) is 24.4. The van der Waals surface area contributed by atoms with Crippen LogP contribution in [0.2, 0.25) is 0 Å². The maximum atomic E-state index is 12.3. The Kier molecular flexibility index (Phi) is 2.99. The first-order valence-electron chi connectivity index (χ1n) is 5.89. The van der Waals surface area contributed by atoms with Gasteiger partial charge in [0.05, 0.1) is 6.54 Å². The van der Waals surface area contributed by atoms with Crippen molar-refractivity contribution >= 4 is 11.8 Å². The Morgan fingerprint density at radius 1 is 1.31 bits per heavy atom. The average molecular weight is 222 g/mol. The van der Waals surface area contributed by atoms with Gasteiger partial charge in [-0.05, 0) is 12.8 Å². The van der Waals surface area contributed by atoms with Gasteiger partial charge in [0, 0.05) is 6.54 Å². The summed E-state index contributed by atoms with van der Waals surface area (Å²) in [7, 11) is 0. The molecular weight excluding hydrogens is 204 g/mol. The maximum absolute atomic E-state index is 12.3. The maximum Gasteiger partial charge on any atom is 0.249 e. The molecule has 2 amide bonds. The lowest BCUT2D eigenvalue weighted by molar-refractivity contribution is -0.150. The van der Waals surface area contributed by atoms with Crippen LogP contribution >= 0.6 is 0 Å². The molecule has 0 atom stereocenters. The molecule has 1 aliphatic carbocycles. The number of nitrogens with one attached hydrogen (secondary N) is 1. The molecule has 0 radical (unpaired) electrons. The number of piperazine rings is 1. The molecule has 0 bridgehead atoms. The Bertz CT molecular complexity index is 319. The lowest BCUT2D eigenvalue weighted by atomic mass is 9.79. The zero-order valence-electron chi connectivity index (χ0n) is 9.50. The summed E-state index contributed by atoms with van der Waals surface area (Å²) in [6, 6.07) is 0. The van der Waals surface area contributed by atoms with Crippen LogP contribution in [0.15, 0.2) is 12.7 Å². The van der Waals surface area contributed by atoms with Crippen LogP contribution in [0.1, 0.15) is 32.1 Å². The van der Waals surface area contributed by atoms with E-state index in [4.69, 9.17) is 0 Å². The van der Waals surface area contributed by atoms with Gasteiger partial charge in [0.25, 0.3) is 0 Å². The van der Waals surface area contributed by atoms with Crippen molar-refractivity contribution in [3.05, 3.63) is 12.7 Å². The van der Waals surface area contributed by atoms with Crippen LogP contribution < -0.4 is 5.32 Å². The van der Waals surface area contributed by atoms with Crippen molar-refractivity contribution in [1.82, 2.24) is 10.2 Å². The van der Waals surface area contributed by atoms with E-state index in [1.54, 1.807) is 11.0 Å². The monoisotopic (exact) mass is 222 g/mol. The van der Waals surface area contributed by atoms with Gasteiger partial charge >= 0.3 is 0 Å². The number of hydrogen-bond acceptors (Lipinski definition) is 2. The molecule has 1 spiro atoms. The van der Waals surface area contributed by atoms with Crippen LogP contribution in [0.4, 0.5) is 0 Å². The number of carbonyl (C=O) groups excluding carboxylic acids is 2. The highest BCUT2D eigenvalue weighted by molar-refractivity contribution is 5.98. The Morgan fingerprint density at radius 3 is 2.62 bits per heavy atom. The van der Waals surface area contributed by atoms with E-state index in [0.717, 1.165) is 32.1 Å². The van der Waals surface area contributed by atoms with Crippen LogP contribution in [0.25, 0.3) is 0 Å². The zero-order chi connectivity index (χ0) is 11.6. The van der Waals surface area contributed by atoms with Crippen LogP contribution in [0, 0.1) is 0 Å². The second kappa shape index (κ2) is 4.28. The summed E-state index contributed by atoms with van der Waals surface area (Å²) in [6.07, 6.45) is 6.44. The molecular formula is C12H18N2O2. The van der Waals surface area contributed by atoms with E-state index in [1.807, 2.05) is 0 Å². The van der Waals surface area contributed by atoms with Gasteiger partial charge in [-0.2, -0.15) is 0 Å². The molecule has 1 saturated heterocycles. The third-order valence-electron chi connectivity index (χ3n) is 3.47. The molecule has 1 heterocycles. The highest BCUT2D eigenvalue weighted by Crippen LogP contribution is 2.31. The molecule has 1 N–H and O–H groups in total. The molecule has 16 heavy (non-hydrogen) atoms. The van der Waals surface area contributed by atoms with E-state index >= 15 is 0 Å². The van der Waals surface area contributed by atoms with E-state index in [2.05, 4.69) is 11.9 Å². The van der Waals surface area contributed by atoms with Gasteiger partial charge in [-0.25, -0.2) is 0 Å². The number of hydrogen-bond donors (Lipinski definition) is 1. The third kappa shape index (κ3) is 1.84. The highest BCUT2D eigenvalue weighted by atomic mass is 16.2. The van der Waals surface area contributed by atoms with Crippen molar-refractivity contribution in [2.24, 2.45) is 0 Å². The Balaban J connectivity index is 2.19. The Labute approximate surface area is 95.7 Å². The fourth-order valence-corrected chi connectivity index (χ4v) is 2.71. The molecule has 2 rings (SSSR count). The average Bonchev–Trinajstić information content (AvgIpc) is 2.27. The van der Waals surface area contributed by atoms with Crippen LogP contribution in [-0.4, -0.2) is 35.3 Å². The fourth-order valence-electron chi connectivity index (χ4n) is 2.71. The summed E-state index contributed by atoms with van der Waals surface area (Å²) >= 11 is 0. The van der Waals surface area contributed by atoms with Crippen LogP contribution in [0.3, 0.4) is 0 Å². The number of carbonyl (C=O) groups is 2.